The number of aryl methyl sites for hydroxylation is 1. The summed E-state index contributed by atoms with van der Waals surface area (Å²) in [5.41, 5.74) is 3.32. The molecule has 1 unspecified atom stereocenters. The zero-order chi connectivity index (χ0) is 27.0. The van der Waals surface area contributed by atoms with Crippen molar-refractivity contribution in [1.82, 2.24) is 15.2 Å². The lowest BCUT2D eigenvalue weighted by atomic mass is 9.79. The molecule has 1 aliphatic carbocycles. The second-order valence-corrected chi connectivity index (χ2v) is 11.5. The van der Waals surface area contributed by atoms with Crippen molar-refractivity contribution in [2.45, 2.75) is 44.6 Å². The average molecular weight is 547 g/mol. The summed E-state index contributed by atoms with van der Waals surface area (Å²) in [6.07, 6.45) is 8.91. The highest BCUT2D eigenvalue weighted by Gasteiger charge is 2.43. The summed E-state index contributed by atoms with van der Waals surface area (Å²) in [6.45, 7) is 3.10. The van der Waals surface area contributed by atoms with E-state index in [1.54, 1.807) is 30.3 Å². The van der Waals surface area contributed by atoms with Crippen LogP contribution in [0.1, 0.15) is 70.0 Å². The summed E-state index contributed by atoms with van der Waals surface area (Å²) >= 11 is 6.24. The summed E-state index contributed by atoms with van der Waals surface area (Å²) in [5, 5.41) is 3.46. The molecule has 0 bridgehead atoms. The van der Waals surface area contributed by atoms with Crippen LogP contribution in [0, 0.1) is 11.2 Å². The number of nitrogens with one attached hydrogen (secondary N) is 1. The molecule has 3 aliphatic rings. The number of carbonyl (C=O) groups is 2. The molecule has 1 aromatic heterocycles. The van der Waals surface area contributed by atoms with Gasteiger partial charge in [0.2, 0.25) is 0 Å². The number of amides is 2. The Balaban J connectivity index is 1.20. The monoisotopic (exact) mass is 546 g/mol. The van der Waals surface area contributed by atoms with Crippen LogP contribution in [0.3, 0.4) is 0 Å². The van der Waals surface area contributed by atoms with Crippen molar-refractivity contribution in [2.75, 3.05) is 31.1 Å². The fourth-order valence-electron chi connectivity index (χ4n) is 6.61. The van der Waals surface area contributed by atoms with Gasteiger partial charge in [-0.2, -0.15) is 0 Å². The number of halogens is 2. The Morgan fingerprint density at radius 3 is 2.64 bits per heavy atom. The van der Waals surface area contributed by atoms with Crippen molar-refractivity contribution >= 4 is 29.1 Å². The van der Waals surface area contributed by atoms with E-state index < -0.39 is 5.82 Å². The molecule has 3 aromatic rings. The largest absolute Gasteiger partial charge is 0.371 e. The minimum atomic E-state index is -0.486. The van der Waals surface area contributed by atoms with Crippen molar-refractivity contribution in [1.29, 1.82) is 0 Å². The van der Waals surface area contributed by atoms with Crippen LogP contribution in [-0.2, 0) is 6.42 Å². The molecule has 1 N–H and O–H groups in total. The molecule has 2 aromatic carbocycles. The molecule has 3 heterocycles. The van der Waals surface area contributed by atoms with E-state index in [-0.39, 0.29) is 28.8 Å². The Kier molecular flexibility index (Phi) is 7.02. The maximum absolute atomic E-state index is 15.3. The van der Waals surface area contributed by atoms with E-state index >= 15 is 4.39 Å². The zero-order valence-corrected chi connectivity index (χ0v) is 22.6. The molecule has 0 radical (unpaired) electrons. The maximum atomic E-state index is 15.3. The topological polar surface area (TPSA) is 65.5 Å². The van der Waals surface area contributed by atoms with Gasteiger partial charge in [0.1, 0.15) is 5.82 Å². The fraction of sp³-hybridized carbons (Fsp3) is 0.387. The first-order valence-electron chi connectivity index (χ1n) is 13.7. The van der Waals surface area contributed by atoms with Crippen molar-refractivity contribution in [3.05, 3.63) is 94.0 Å². The molecule has 8 heteroatoms. The fourth-order valence-corrected chi connectivity index (χ4v) is 6.84. The summed E-state index contributed by atoms with van der Waals surface area (Å²) in [5.74, 6) is -1.03. The lowest BCUT2D eigenvalue weighted by molar-refractivity contribution is 0.0762. The van der Waals surface area contributed by atoms with Gasteiger partial charge in [0.05, 0.1) is 22.2 Å². The first-order chi connectivity index (χ1) is 18.9. The van der Waals surface area contributed by atoms with Crippen LogP contribution in [0.4, 0.5) is 10.1 Å². The van der Waals surface area contributed by atoms with Gasteiger partial charge in [-0.1, -0.05) is 23.7 Å². The van der Waals surface area contributed by atoms with E-state index in [9.17, 15) is 9.59 Å². The highest BCUT2D eigenvalue weighted by atomic mass is 35.5. The Hall–Kier alpha value is -3.45. The van der Waals surface area contributed by atoms with E-state index in [1.807, 2.05) is 29.4 Å². The number of aromatic nitrogens is 1. The average Bonchev–Trinajstić information content (AvgIpc) is 3.36. The van der Waals surface area contributed by atoms with Gasteiger partial charge in [0, 0.05) is 49.7 Å². The first kappa shape index (κ1) is 25.8. The zero-order valence-electron chi connectivity index (χ0n) is 21.8. The van der Waals surface area contributed by atoms with Gasteiger partial charge in [-0.05, 0) is 86.1 Å². The summed E-state index contributed by atoms with van der Waals surface area (Å²) in [4.78, 5) is 35.0. The molecule has 2 aliphatic heterocycles. The molecule has 2 atom stereocenters. The second-order valence-electron chi connectivity index (χ2n) is 11.1. The number of pyridine rings is 1. The van der Waals surface area contributed by atoms with Crippen molar-refractivity contribution < 1.29 is 14.0 Å². The van der Waals surface area contributed by atoms with E-state index in [0.29, 0.717) is 23.7 Å². The predicted molar refractivity (Wildman–Crippen MR) is 150 cm³/mol. The van der Waals surface area contributed by atoms with Gasteiger partial charge in [0.15, 0.2) is 0 Å². The number of benzene rings is 2. The van der Waals surface area contributed by atoms with Crippen LogP contribution in [-0.4, -0.2) is 47.9 Å². The Morgan fingerprint density at radius 1 is 1.00 bits per heavy atom. The summed E-state index contributed by atoms with van der Waals surface area (Å²) in [6, 6.07) is 13.8. The number of hydrogen-bond donors (Lipinski definition) is 1. The molecule has 202 valence electrons. The number of carbonyl (C=O) groups excluding carboxylic acids is 2. The maximum Gasteiger partial charge on any atom is 0.256 e. The molecule has 2 amide bonds. The number of fused-ring (bicyclic) bond motifs is 1. The normalized spacial score (nSPS) is 22.6. The highest BCUT2D eigenvalue weighted by Crippen LogP contribution is 2.41. The molecule has 1 spiro atoms. The van der Waals surface area contributed by atoms with Crippen molar-refractivity contribution in [3.63, 3.8) is 0 Å². The number of piperidine rings is 1. The highest BCUT2D eigenvalue weighted by molar-refractivity contribution is 6.33. The Morgan fingerprint density at radius 2 is 1.82 bits per heavy atom. The minimum Gasteiger partial charge on any atom is -0.371 e. The van der Waals surface area contributed by atoms with Gasteiger partial charge >= 0.3 is 0 Å². The number of nitrogens with zero attached hydrogens (tertiary/aromatic N) is 3. The van der Waals surface area contributed by atoms with Crippen LogP contribution < -0.4 is 10.2 Å². The van der Waals surface area contributed by atoms with Crippen LogP contribution in [0.15, 0.2) is 60.9 Å². The van der Waals surface area contributed by atoms with Gasteiger partial charge in [-0.15, -0.1) is 0 Å². The van der Waals surface area contributed by atoms with E-state index in [0.717, 1.165) is 68.4 Å². The second kappa shape index (κ2) is 10.6. The predicted octanol–water partition coefficient (Wildman–Crippen LogP) is 5.81. The molecule has 6 rings (SSSR count). The van der Waals surface area contributed by atoms with Gasteiger partial charge in [-0.25, -0.2) is 4.39 Å². The molecule has 39 heavy (non-hydrogen) atoms. The number of likely N-dealkylation sites (tertiary alicyclic amines) is 1. The summed E-state index contributed by atoms with van der Waals surface area (Å²) < 4.78 is 15.3. The quantitative estimate of drug-likeness (QED) is 0.448. The first-order valence-corrected chi connectivity index (χ1v) is 14.1. The third kappa shape index (κ3) is 5.12. The third-order valence-electron chi connectivity index (χ3n) is 8.61. The van der Waals surface area contributed by atoms with Crippen LogP contribution in [0.2, 0.25) is 5.02 Å². The lowest BCUT2D eigenvalue weighted by Crippen LogP contribution is -2.45. The number of rotatable bonds is 4. The summed E-state index contributed by atoms with van der Waals surface area (Å²) in [7, 11) is 0. The molecule has 6 nitrogen and oxygen atoms in total. The molecule has 0 saturated carbocycles. The van der Waals surface area contributed by atoms with E-state index in [1.165, 1.54) is 6.07 Å². The standard InChI is InChI=1S/C31H32ClFN4O2/c32-26-7-2-1-6-23(26)29(38)35-28-8-3-5-21-17-27(33)25(18-24(21)28)30(39)37-16-12-31(20-37)11-4-15-36(19-31)22-9-13-34-14-10-22/h1-2,6-7,9-10,13-14,17-18,28H,3-5,8,11-12,15-16,19-20H2,(H,35,38)/t28-,31?/m1/s1. The number of anilines is 1. The third-order valence-corrected chi connectivity index (χ3v) is 8.94. The molecule has 2 fully saturated rings. The number of hydrogen-bond acceptors (Lipinski definition) is 4. The molecular weight excluding hydrogens is 515 g/mol. The Labute approximate surface area is 233 Å². The van der Waals surface area contributed by atoms with Crippen LogP contribution in [0.5, 0.6) is 0 Å². The Bertz CT molecular complexity index is 1400. The smallest absolute Gasteiger partial charge is 0.256 e. The van der Waals surface area contributed by atoms with Gasteiger partial charge < -0.3 is 15.1 Å². The van der Waals surface area contributed by atoms with Crippen molar-refractivity contribution in [3.8, 4) is 0 Å². The van der Waals surface area contributed by atoms with E-state index in [4.69, 9.17) is 11.6 Å². The SMILES string of the molecule is O=C(N[C@@H]1CCCc2cc(F)c(C(=O)N3CCC4(CCCN(c5ccncc5)C4)C3)cc21)c1ccccc1Cl. The molecular formula is C31H32ClFN4O2. The lowest BCUT2D eigenvalue weighted by Gasteiger charge is -2.41. The van der Waals surface area contributed by atoms with Gasteiger partial charge in [0.25, 0.3) is 11.8 Å². The van der Waals surface area contributed by atoms with Crippen LogP contribution >= 0.6 is 11.6 Å². The van der Waals surface area contributed by atoms with Gasteiger partial charge in [-0.3, -0.25) is 14.6 Å². The van der Waals surface area contributed by atoms with E-state index in [2.05, 4.69) is 15.2 Å². The van der Waals surface area contributed by atoms with Crippen molar-refractivity contribution in [2.24, 2.45) is 5.41 Å². The molecule has 2 saturated heterocycles. The van der Waals surface area contributed by atoms with Crippen LogP contribution in [0.25, 0.3) is 0 Å². The minimum absolute atomic E-state index is 0.00727.